The minimum atomic E-state index is -0.443. The van der Waals surface area contributed by atoms with Gasteiger partial charge in [-0.25, -0.2) is 4.98 Å². The molecule has 0 aromatic carbocycles. The third-order valence-electron chi connectivity index (χ3n) is 5.61. The molecule has 1 N–H and O–H groups in total. The molecule has 4 rings (SSSR count). The number of fused-ring (bicyclic) bond motifs is 1. The van der Waals surface area contributed by atoms with Crippen LogP contribution in [-0.2, 0) is 17.8 Å². The second-order valence-corrected chi connectivity index (χ2v) is 9.58. The van der Waals surface area contributed by atoms with Crippen LogP contribution in [0.1, 0.15) is 62.3 Å². The van der Waals surface area contributed by atoms with Crippen LogP contribution in [0.2, 0.25) is 0 Å². The Kier molecular flexibility index (Phi) is 5.97. The summed E-state index contributed by atoms with van der Waals surface area (Å²) in [6.45, 7) is 11.0. The number of nitrogens with zero attached hydrogens (tertiary/aromatic N) is 6. The van der Waals surface area contributed by atoms with Gasteiger partial charge < -0.3 is 14.8 Å². The van der Waals surface area contributed by atoms with E-state index >= 15 is 0 Å². The fraction of sp³-hybridized carbons (Fsp3) is 0.417. The van der Waals surface area contributed by atoms with Crippen molar-refractivity contribution in [2.45, 2.75) is 53.6 Å². The van der Waals surface area contributed by atoms with Crippen LogP contribution >= 0.6 is 0 Å². The maximum atomic E-state index is 12.9. The molecule has 3 aromatic rings. The van der Waals surface area contributed by atoms with Crippen LogP contribution in [0, 0.1) is 5.41 Å². The zero-order chi connectivity index (χ0) is 23.8. The minimum absolute atomic E-state index is 0.103. The van der Waals surface area contributed by atoms with E-state index in [1.165, 1.54) is 0 Å². The van der Waals surface area contributed by atoms with Gasteiger partial charge in [-0.05, 0) is 49.6 Å². The van der Waals surface area contributed by atoms with Crippen molar-refractivity contribution in [2.24, 2.45) is 5.41 Å². The van der Waals surface area contributed by atoms with Crippen molar-refractivity contribution in [1.82, 2.24) is 29.6 Å². The Morgan fingerprint density at radius 3 is 2.67 bits per heavy atom. The SMILES string of the molecule is CC(C)n1cnnc1-c1cccc(NC(=O)c2cc3c(cn2)CCN(C(=O)C(C)(C)C)C3)n1. The molecule has 0 unspecified atom stereocenters. The van der Waals surface area contributed by atoms with E-state index in [1.807, 2.05) is 56.2 Å². The summed E-state index contributed by atoms with van der Waals surface area (Å²) >= 11 is 0. The Labute approximate surface area is 193 Å². The summed E-state index contributed by atoms with van der Waals surface area (Å²) < 4.78 is 1.92. The molecular weight excluding hydrogens is 418 g/mol. The monoisotopic (exact) mass is 447 g/mol. The van der Waals surface area contributed by atoms with E-state index in [0.29, 0.717) is 30.4 Å². The van der Waals surface area contributed by atoms with Crippen molar-refractivity contribution in [2.75, 3.05) is 11.9 Å². The van der Waals surface area contributed by atoms with Crippen LogP contribution in [0.15, 0.2) is 36.8 Å². The van der Waals surface area contributed by atoms with E-state index in [9.17, 15) is 9.59 Å². The number of carbonyl (C=O) groups excluding carboxylic acids is 2. The fourth-order valence-corrected chi connectivity index (χ4v) is 3.82. The Bertz CT molecular complexity index is 1190. The average molecular weight is 448 g/mol. The van der Waals surface area contributed by atoms with E-state index in [4.69, 9.17) is 0 Å². The van der Waals surface area contributed by atoms with Crippen molar-refractivity contribution in [3.8, 4) is 11.5 Å². The number of amides is 2. The van der Waals surface area contributed by atoms with Gasteiger partial charge >= 0.3 is 0 Å². The molecule has 0 atom stereocenters. The summed E-state index contributed by atoms with van der Waals surface area (Å²) in [5.41, 5.74) is 2.48. The number of pyridine rings is 2. The number of aromatic nitrogens is 5. The van der Waals surface area contributed by atoms with Gasteiger partial charge in [0.1, 0.15) is 23.5 Å². The van der Waals surface area contributed by atoms with Crippen LogP contribution in [0.3, 0.4) is 0 Å². The minimum Gasteiger partial charge on any atom is -0.338 e. The maximum absolute atomic E-state index is 12.9. The van der Waals surface area contributed by atoms with Crippen molar-refractivity contribution < 1.29 is 9.59 Å². The Balaban J connectivity index is 1.52. The Morgan fingerprint density at radius 1 is 1.15 bits per heavy atom. The molecule has 0 bridgehead atoms. The second kappa shape index (κ2) is 8.73. The van der Waals surface area contributed by atoms with Crippen molar-refractivity contribution in [1.29, 1.82) is 0 Å². The molecule has 1 aliphatic rings. The molecule has 0 saturated carbocycles. The number of anilines is 1. The molecule has 9 heteroatoms. The largest absolute Gasteiger partial charge is 0.338 e. The molecular formula is C24H29N7O2. The highest BCUT2D eigenvalue weighted by Crippen LogP contribution is 2.25. The standard InChI is InChI=1S/C24H29N7O2/c1-15(2)31-14-26-29-21(31)18-7-6-8-20(27-18)28-22(32)19-11-17-13-30(23(33)24(3,4)5)10-9-16(17)12-25-19/h6-8,11-12,14-15H,9-10,13H2,1-5H3,(H,27,28,32). The van der Waals surface area contributed by atoms with Gasteiger partial charge in [-0.3, -0.25) is 14.6 Å². The highest BCUT2D eigenvalue weighted by Gasteiger charge is 2.30. The predicted octanol–water partition coefficient (Wildman–Crippen LogP) is 3.50. The van der Waals surface area contributed by atoms with Crippen LogP contribution in [0.4, 0.5) is 5.82 Å². The maximum Gasteiger partial charge on any atom is 0.275 e. The van der Waals surface area contributed by atoms with E-state index in [1.54, 1.807) is 24.7 Å². The molecule has 172 valence electrons. The zero-order valence-electron chi connectivity index (χ0n) is 19.7. The fourth-order valence-electron chi connectivity index (χ4n) is 3.82. The first-order chi connectivity index (χ1) is 15.6. The first-order valence-electron chi connectivity index (χ1n) is 11.1. The van der Waals surface area contributed by atoms with Crippen molar-refractivity contribution in [3.63, 3.8) is 0 Å². The van der Waals surface area contributed by atoms with Crippen molar-refractivity contribution in [3.05, 3.63) is 53.6 Å². The molecule has 1 aliphatic heterocycles. The van der Waals surface area contributed by atoms with Crippen LogP contribution < -0.4 is 5.32 Å². The molecule has 0 radical (unpaired) electrons. The quantitative estimate of drug-likeness (QED) is 0.656. The first kappa shape index (κ1) is 22.6. The topological polar surface area (TPSA) is 106 Å². The number of hydrogen-bond acceptors (Lipinski definition) is 6. The molecule has 9 nitrogen and oxygen atoms in total. The molecule has 3 aromatic heterocycles. The molecule has 0 saturated heterocycles. The van der Waals surface area contributed by atoms with Crippen molar-refractivity contribution >= 4 is 17.6 Å². The highest BCUT2D eigenvalue weighted by atomic mass is 16.2. The van der Waals surface area contributed by atoms with E-state index in [0.717, 1.165) is 17.5 Å². The Morgan fingerprint density at radius 2 is 1.94 bits per heavy atom. The number of hydrogen-bond donors (Lipinski definition) is 1. The van der Waals surface area contributed by atoms with Gasteiger partial charge in [-0.2, -0.15) is 0 Å². The van der Waals surface area contributed by atoms with E-state index < -0.39 is 5.41 Å². The summed E-state index contributed by atoms with van der Waals surface area (Å²) in [6, 6.07) is 7.31. The summed E-state index contributed by atoms with van der Waals surface area (Å²) in [5, 5.41) is 11.0. The van der Waals surface area contributed by atoms with Gasteiger partial charge in [0.15, 0.2) is 5.82 Å². The predicted molar refractivity (Wildman–Crippen MR) is 124 cm³/mol. The summed E-state index contributed by atoms with van der Waals surface area (Å²) in [4.78, 5) is 36.3. The summed E-state index contributed by atoms with van der Waals surface area (Å²) in [6.07, 6.45) is 4.13. The van der Waals surface area contributed by atoms with Gasteiger partial charge in [0, 0.05) is 30.7 Å². The zero-order valence-corrected chi connectivity index (χ0v) is 19.7. The van der Waals surface area contributed by atoms with Crippen LogP contribution in [-0.4, -0.2) is 48.0 Å². The Hall–Kier alpha value is -3.62. The molecule has 0 spiro atoms. The lowest BCUT2D eigenvalue weighted by molar-refractivity contribution is -0.140. The van der Waals surface area contributed by atoms with Gasteiger partial charge in [0.05, 0.1) is 0 Å². The van der Waals surface area contributed by atoms with E-state index in [2.05, 4.69) is 25.5 Å². The molecule has 0 fully saturated rings. The molecule has 2 amide bonds. The highest BCUT2D eigenvalue weighted by molar-refractivity contribution is 6.02. The third kappa shape index (κ3) is 4.76. The van der Waals surface area contributed by atoms with Gasteiger partial charge in [-0.15, -0.1) is 10.2 Å². The lowest BCUT2D eigenvalue weighted by atomic mass is 9.92. The summed E-state index contributed by atoms with van der Waals surface area (Å²) in [7, 11) is 0. The van der Waals surface area contributed by atoms with Gasteiger partial charge in [0.2, 0.25) is 5.91 Å². The lowest BCUT2D eigenvalue weighted by Gasteiger charge is -2.33. The number of nitrogens with one attached hydrogen (secondary N) is 1. The van der Waals surface area contributed by atoms with Crippen LogP contribution in [0.25, 0.3) is 11.5 Å². The smallest absolute Gasteiger partial charge is 0.275 e. The molecule has 33 heavy (non-hydrogen) atoms. The van der Waals surface area contributed by atoms with Gasteiger partial charge in [-0.1, -0.05) is 26.8 Å². The second-order valence-electron chi connectivity index (χ2n) is 9.58. The van der Waals surface area contributed by atoms with E-state index in [-0.39, 0.29) is 23.6 Å². The average Bonchev–Trinajstić information content (AvgIpc) is 3.28. The molecule has 4 heterocycles. The third-order valence-corrected chi connectivity index (χ3v) is 5.61. The molecule has 0 aliphatic carbocycles. The normalized spacial score (nSPS) is 13.7. The summed E-state index contributed by atoms with van der Waals surface area (Å²) in [5.74, 6) is 0.787. The van der Waals surface area contributed by atoms with Gasteiger partial charge in [0.25, 0.3) is 5.91 Å². The first-order valence-corrected chi connectivity index (χ1v) is 11.1. The number of rotatable bonds is 4. The lowest BCUT2D eigenvalue weighted by Crippen LogP contribution is -2.42. The van der Waals surface area contributed by atoms with Crippen LogP contribution in [0.5, 0.6) is 0 Å². The number of carbonyl (C=O) groups is 2.